The highest BCUT2D eigenvalue weighted by Crippen LogP contribution is 2.23. The smallest absolute Gasteiger partial charge is 0.261 e. The fourth-order valence-electron chi connectivity index (χ4n) is 2.89. The zero-order valence-electron chi connectivity index (χ0n) is 15.9. The Balaban J connectivity index is 2.05. The van der Waals surface area contributed by atoms with Crippen molar-refractivity contribution in [2.24, 2.45) is 0 Å². The van der Waals surface area contributed by atoms with E-state index in [2.05, 4.69) is 17.4 Å². The summed E-state index contributed by atoms with van der Waals surface area (Å²) in [5.41, 5.74) is 3.11. The lowest BCUT2D eigenvalue weighted by atomic mass is 9.94. The molecule has 0 heterocycles. The van der Waals surface area contributed by atoms with Gasteiger partial charge >= 0.3 is 0 Å². The Kier molecular flexibility index (Phi) is 6.24. The Morgan fingerprint density at radius 2 is 1.76 bits per heavy atom. The number of aryl methyl sites for hydroxylation is 1. The highest BCUT2D eigenvalue weighted by molar-refractivity contribution is 5.81. The zero-order valence-corrected chi connectivity index (χ0v) is 15.9. The maximum atomic E-state index is 12.7. The summed E-state index contributed by atoms with van der Waals surface area (Å²) in [6.07, 6.45) is 0.913. The second-order valence-corrected chi connectivity index (χ2v) is 7.25. The Bertz CT molecular complexity index is 707. The Labute approximate surface area is 151 Å². The largest absolute Gasteiger partial charge is 0.480 e. The SMILES string of the molecule is CC[C@@H](Oc1cccc(C)c1C)C(=O)NC(C)(C)Cc1ccccc1. The molecule has 2 aromatic rings. The second kappa shape index (κ2) is 8.19. The predicted molar refractivity (Wildman–Crippen MR) is 103 cm³/mol. The number of nitrogens with one attached hydrogen (secondary N) is 1. The van der Waals surface area contributed by atoms with Crippen molar-refractivity contribution in [2.75, 3.05) is 0 Å². The number of benzene rings is 2. The van der Waals surface area contributed by atoms with Crippen LogP contribution in [0.25, 0.3) is 0 Å². The Hall–Kier alpha value is -2.29. The number of rotatable bonds is 7. The summed E-state index contributed by atoms with van der Waals surface area (Å²) in [5, 5.41) is 3.15. The number of carbonyl (C=O) groups excluding carboxylic acids is 1. The number of hydrogen-bond acceptors (Lipinski definition) is 2. The lowest BCUT2D eigenvalue weighted by Gasteiger charge is -2.29. The van der Waals surface area contributed by atoms with Gasteiger partial charge in [0.05, 0.1) is 0 Å². The first-order valence-corrected chi connectivity index (χ1v) is 8.91. The summed E-state index contributed by atoms with van der Waals surface area (Å²) in [6.45, 7) is 10.1. The molecule has 0 aromatic heterocycles. The quantitative estimate of drug-likeness (QED) is 0.801. The molecule has 3 heteroatoms. The van der Waals surface area contributed by atoms with Gasteiger partial charge in [0.1, 0.15) is 5.75 Å². The number of ether oxygens (including phenoxy) is 1. The average molecular weight is 339 g/mol. The molecule has 3 nitrogen and oxygen atoms in total. The Morgan fingerprint density at radius 3 is 2.40 bits per heavy atom. The lowest BCUT2D eigenvalue weighted by Crippen LogP contribution is -2.50. The molecule has 0 bridgehead atoms. The minimum absolute atomic E-state index is 0.0654. The third-order valence-corrected chi connectivity index (χ3v) is 4.44. The first-order valence-electron chi connectivity index (χ1n) is 8.91. The molecule has 0 fully saturated rings. The van der Waals surface area contributed by atoms with Crippen LogP contribution < -0.4 is 10.1 Å². The maximum Gasteiger partial charge on any atom is 0.261 e. The average Bonchev–Trinajstić information content (AvgIpc) is 2.56. The molecule has 0 spiro atoms. The van der Waals surface area contributed by atoms with E-state index in [0.717, 1.165) is 23.3 Å². The molecule has 0 aliphatic heterocycles. The fraction of sp³-hybridized carbons (Fsp3) is 0.409. The van der Waals surface area contributed by atoms with Gasteiger partial charge in [0.15, 0.2) is 6.10 Å². The monoisotopic (exact) mass is 339 g/mol. The van der Waals surface area contributed by atoms with Crippen LogP contribution in [0, 0.1) is 13.8 Å². The van der Waals surface area contributed by atoms with Crippen molar-refractivity contribution in [1.29, 1.82) is 0 Å². The van der Waals surface area contributed by atoms with Gasteiger partial charge in [0, 0.05) is 5.54 Å². The van der Waals surface area contributed by atoms with E-state index in [0.29, 0.717) is 6.42 Å². The van der Waals surface area contributed by atoms with Crippen LogP contribution >= 0.6 is 0 Å². The highest BCUT2D eigenvalue weighted by Gasteiger charge is 2.26. The third kappa shape index (κ3) is 5.35. The number of carbonyl (C=O) groups is 1. The van der Waals surface area contributed by atoms with Gasteiger partial charge in [-0.2, -0.15) is 0 Å². The van der Waals surface area contributed by atoms with Gasteiger partial charge < -0.3 is 10.1 Å². The van der Waals surface area contributed by atoms with Gasteiger partial charge in [0.2, 0.25) is 0 Å². The van der Waals surface area contributed by atoms with Gasteiger partial charge in [0.25, 0.3) is 5.91 Å². The molecule has 1 atom stereocenters. The highest BCUT2D eigenvalue weighted by atomic mass is 16.5. The fourth-order valence-corrected chi connectivity index (χ4v) is 2.89. The topological polar surface area (TPSA) is 38.3 Å². The summed E-state index contributed by atoms with van der Waals surface area (Å²) in [4.78, 5) is 12.7. The van der Waals surface area contributed by atoms with E-state index in [-0.39, 0.29) is 11.4 Å². The van der Waals surface area contributed by atoms with E-state index < -0.39 is 6.10 Å². The van der Waals surface area contributed by atoms with E-state index in [1.807, 2.05) is 71.0 Å². The van der Waals surface area contributed by atoms with E-state index >= 15 is 0 Å². The molecule has 0 saturated carbocycles. The molecule has 2 rings (SSSR count). The predicted octanol–water partition coefficient (Wildman–Crippen LogP) is 4.60. The lowest BCUT2D eigenvalue weighted by molar-refractivity contribution is -0.129. The van der Waals surface area contributed by atoms with Gasteiger partial charge in [-0.25, -0.2) is 0 Å². The van der Waals surface area contributed by atoms with Crippen molar-refractivity contribution in [1.82, 2.24) is 5.32 Å². The molecule has 25 heavy (non-hydrogen) atoms. The summed E-state index contributed by atoms with van der Waals surface area (Å²) >= 11 is 0. The maximum absolute atomic E-state index is 12.7. The van der Waals surface area contributed by atoms with Crippen LogP contribution in [0.3, 0.4) is 0 Å². The van der Waals surface area contributed by atoms with Gasteiger partial charge in [-0.05, 0) is 63.3 Å². The molecule has 0 unspecified atom stereocenters. The molecular weight excluding hydrogens is 310 g/mol. The van der Waals surface area contributed by atoms with Crippen molar-refractivity contribution in [3.05, 3.63) is 65.2 Å². The molecule has 0 aliphatic carbocycles. The molecule has 134 valence electrons. The normalized spacial score (nSPS) is 12.5. The summed E-state index contributed by atoms with van der Waals surface area (Å²) in [6, 6.07) is 16.1. The number of hydrogen-bond donors (Lipinski definition) is 1. The van der Waals surface area contributed by atoms with Crippen molar-refractivity contribution in [3.8, 4) is 5.75 Å². The van der Waals surface area contributed by atoms with E-state index in [9.17, 15) is 4.79 Å². The summed E-state index contributed by atoms with van der Waals surface area (Å²) in [5.74, 6) is 0.715. The van der Waals surface area contributed by atoms with Crippen LogP contribution in [0.1, 0.15) is 43.9 Å². The van der Waals surface area contributed by atoms with Crippen molar-refractivity contribution in [3.63, 3.8) is 0 Å². The molecule has 2 aromatic carbocycles. The number of amides is 1. The summed E-state index contributed by atoms with van der Waals surface area (Å²) < 4.78 is 6.02. The molecule has 1 N–H and O–H groups in total. The van der Waals surface area contributed by atoms with Crippen LogP contribution in [-0.2, 0) is 11.2 Å². The molecular formula is C22H29NO2. The minimum atomic E-state index is -0.490. The zero-order chi connectivity index (χ0) is 18.4. The first-order chi connectivity index (χ1) is 11.8. The van der Waals surface area contributed by atoms with E-state index in [1.54, 1.807) is 0 Å². The summed E-state index contributed by atoms with van der Waals surface area (Å²) in [7, 11) is 0. The van der Waals surface area contributed by atoms with Crippen LogP contribution in [0.15, 0.2) is 48.5 Å². The third-order valence-electron chi connectivity index (χ3n) is 4.44. The van der Waals surface area contributed by atoms with E-state index in [1.165, 1.54) is 5.56 Å². The molecule has 1 amide bonds. The second-order valence-electron chi connectivity index (χ2n) is 7.25. The Morgan fingerprint density at radius 1 is 1.08 bits per heavy atom. The first kappa shape index (κ1) is 19.0. The van der Waals surface area contributed by atoms with Crippen molar-refractivity contribution >= 4 is 5.91 Å². The van der Waals surface area contributed by atoms with E-state index in [4.69, 9.17) is 4.74 Å². The van der Waals surface area contributed by atoms with Crippen LogP contribution in [0.4, 0.5) is 0 Å². The van der Waals surface area contributed by atoms with Crippen LogP contribution in [0.2, 0.25) is 0 Å². The molecule has 0 saturated heterocycles. The van der Waals surface area contributed by atoms with Gasteiger partial charge in [-0.15, -0.1) is 0 Å². The van der Waals surface area contributed by atoms with Crippen LogP contribution in [-0.4, -0.2) is 17.6 Å². The van der Waals surface area contributed by atoms with Crippen molar-refractivity contribution < 1.29 is 9.53 Å². The molecule has 0 radical (unpaired) electrons. The minimum Gasteiger partial charge on any atom is -0.480 e. The standard InChI is InChI=1S/C22H29NO2/c1-6-19(25-20-14-10-11-16(2)17(20)3)21(24)23-22(4,5)15-18-12-8-7-9-13-18/h7-14,19H,6,15H2,1-5H3,(H,23,24)/t19-/m1/s1. The van der Waals surface area contributed by atoms with Gasteiger partial charge in [-0.3, -0.25) is 4.79 Å². The van der Waals surface area contributed by atoms with Crippen LogP contribution in [0.5, 0.6) is 5.75 Å². The molecule has 0 aliphatic rings. The van der Waals surface area contributed by atoms with Gasteiger partial charge in [-0.1, -0.05) is 49.4 Å². The van der Waals surface area contributed by atoms with Crippen molar-refractivity contribution in [2.45, 2.75) is 59.1 Å².